The van der Waals surface area contributed by atoms with Crippen LogP contribution >= 0.6 is 0 Å². The second kappa shape index (κ2) is 6.24. The number of amides is 1. The second-order valence-electron chi connectivity index (χ2n) is 4.86. The third-order valence-electron chi connectivity index (χ3n) is 2.66. The maximum Gasteiger partial charge on any atom is 0.244 e. The van der Waals surface area contributed by atoms with Gasteiger partial charge in [0, 0.05) is 5.54 Å². The summed E-state index contributed by atoms with van der Waals surface area (Å²) in [5, 5.41) is 3.00. The molecule has 0 unspecified atom stereocenters. The number of aryl methyl sites for hydroxylation is 1. The molecule has 2 nitrogen and oxygen atoms in total. The number of hydrogen-bond donors (Lipinski definition) is 1. The Kier molecular flexibility index (Phi) is 4.95. The van der Waals surface area contributed by atoms with Crippen molar-refractivity contribution in [2.45, 2.75) is 39.2 Å². The van der Waals surface area contributed by atoms with E-state index in [4.69, 9.17) is 0 Å². The fourth-order valence-electron chi connectivity index (χ4n) is 1.69. The molecule has 0 spiro atoms. The van der Waals surface area contributed by atoms with E-state index in [2.05, 4.69) is 31.3 Å². The van der Waals surface area contributed by atoms with E-state index >= 15 is 0 Å². The number of nitrogens with one attached hydrogen (secondary N) is 1. The van der Waals surface area contributed by atoms with Gasteiger partial charge in [0.15, 0.2) is 0 Å². The highest BCUT2D eigenvalue weighted by atomic mass is 16.1. The predicted molar refractivity (Wildman–Crippen MR) is 71.8 cm³/mol. The molecule has 1 aromatic rings. The molecule has 1 aromatic carbocycles. The molecule has 0 fully saturated rings. The van der Waals surface area contributed by atoms with Crippen LogP contribution in [0.25, 0.3) is 0 Å². The normalized spacial score (nSPS) is 11.7. The number of allylic oxidation sites excluding steroid dienone is 1. The summed E-state index contributed by atoms with van der Waals surface area (Å²) in [6, 6.07) is 10.3. The maximum absolute atomic E-state index is 11.5. The molecule has 0 saturated carbocycles. The molecule has 0 radical (unpaired) electrons. The lowest BCUT2D eigenvalue weighted by Gasteiger charge is -2.25. The molecule has 17 heavy (non-hydrogen) atoms. The molecule has 92 valence electrons. The van der Waals surface area contributed by atoms with Crippen LogP contribution in [-0.4, -0.2) is 11.4 Å². The maximum atomic E-state index is 11.5. The Morgan fingerprint density at radius 2 is 1.94 bits per heavy atom. The van der Waals surface area contributed by atoms with Crippen molar-refractivity contribution in [1.29, 1.82) is 0 Å². The highest BCUT2D eigenvalue weighted by Crippen LogP contribution is 2.13. The highest BCUT2D eigenvalue weighted by molar-refractivity contribution is 5.87. The first-order valence-corrected chi connectivity index (χ1v) is 6.02. The third-order valence-corrected chi connectivity index (χ3v) is 2.66. The lowest BCUT2D eigenvalue weighted by molar-refractivity contribution is -0.118. The van der Waals surface area contributed by atoms with Gasteiger partial charge in [-0.25, -0.2) is 0 Å². The second-order valence-corrected chi connectivity index (χ2v) is 4.86. The molecule has 0 heterocycles. The predicted octanol–water partition coefficient (Wildman–Crippen LogP) is 3.09. The fourth-order valence-corrected chi connectivity index (χ4v) is 1.69. The summed E-state index contributed by atoms with van der Waals surface area (Å²) in [5.41, 5.74) is 1.13. The molecule has 2 heteroatoms. The number of carbonyl (C=O) groups excluding carboxylic acids is 1. The highest BCUT2D eigenvalue weighted by Gasteiger charge is 2.18. The first kappa shape index (κ1) is 13.5. The number of hydrogen-bond acceptors (Lipinski definition) is 1. The Labute approximate surface area is 104 Å². The zero-order valence-electron chi connectivity index (χ0n) is 10.9. The van der Waals surface area contributed by atoms with Gasteiger partial charge in [-0.15, -0.1) is 0 Å². The minimum Gasteiger partial charge on any atom is -0.348 e. The van der Waals surface area contributed by atoms with Crippen molar-refractivity contribution in [1.82, 2.24) is 5.32 Å². The van der Waals surface area contributed by atoms with Gasteiger partial charge in [-0.2, -0.15) is 0 Å². The lowest BCUT2D eigenvalue weighted by atomic mass is 9.95. The average molecular weight is 231 g/mol. The van der Waals surface area contributed by atoms with Crippen LogP contribution in [0.1, 0.15) is 32.8 Å². The van der Waals surface area contributed by atoms with E-state index in [0.29, 0.717) is 0 Å². The van der Waals surface area contributed by atoms with Gasteiger partial charge in [-0.1, -0.05) is 36.4 Å². The monoisotopic (exact) mass is 231 g/mol. The van der Waals surface area contributed by atoms with Crippen LogP contribution < -0.4 is 5.32 Å². The van der Waals surface area contributed by atoms with Gasteiger partial charge in [-0.05, 0) is 45.3 Å². The summed E-state index contributed by atoms with van der Waals surface area (Å²) < 4.78 is 0. The Morgan fingerprint density at radius 3 is 2.53 bits per heavy atom. The van der Waals surface area contributed by atoms with Crippen LogP contribution in [0, 0.1) is 0 Å². The Hall–Kier alpha value is -1.57. The third kappa shape index (κ3) is 5.34. The van der Waals surface area contributed by atoms with Crippen molar-refractivity contribution in [3.8, 4) is 0 Å². The van der Waals surface area contributed by atoms with E-state index in [0.717, 1.165) is 12.8 Å². The topological polar surface area (TPSA) is 29.1 Å². The quantitative estimate of drug-likeness (QED) is 0.775. The van der Waals surface area contributed by atoms with E-state index in [-0.39, 0.29) is 11.4 Å². The van der Waals surface area contributed by atoms with Crippen molar-refractivity contribution < 1.29 is 4.79 Å². The van der Waals surface area contributed by atoms with Crippen molar-refractivity contribution in [3.63, 3.8) is 0 Å². The van der Waals surface area contributed by atoms with Gasteiger partial charge in [0.1, 0.15) is 0 Å². The zero-order valence-corrected chi connectivity index (χ0v) is 10.9. The molecule has 0 aliphatic carbocycles. The van der Waals surface area contributed by atoms with E-state index in [1.807, 2.05) is 25.1 Å². The van der Waals surface area contributed by atoms with Crippen LogP contribution in [0.5, 0.6) is 0 Å². The minimum absolute atomic E-state index is 0.0226. The number of carbonyl (C=O) groups is 1. The van der Waals surface area contributed by atoms with E-state index in [1.165, 1.54) is 5.56 Å². The average Bonchev–Trinajstić information content (AvgIpc) is 2.27. The van der Waals surface area contributed by atoms with Crippen molar-refractivity contribution in [2.24, 2.45) is 0 Å². The van der Waals surface area contributed by atoms with Gasteiger partial charge in [0.25, 0.3) is 0 Å². The molecular weight excluding hydrogens is 210 g/mol. The van der Waals surface area contributed by atoms with E-state index < -0.39 is 0 Å². The van der Waals surface area contributed by atoms with E-state index in [1.54, 1.807) is 12.2 Å². The summed E-state index contributed by atoms with van der Waals surface area (Å²) in [5.74, 6) is -0.0226. The lowest BCUT2D eigenvalue weighted by Crippen LogP contribution is -2.42. The van der Waals surface area contributed by atoms with Gasteiger partial charge < -0.3 is 5.32 Å². The summed E-state index contributed by atoms with van der Waals surface area (Å²) in [4.78, 5) is 11.5. The molecule has 0 saturated heterocycles. The molecule has 1 rings (SSSR count). The summed E-state index contributed by atoms with van der Waals surface area (Å²) in [6.07, 6.45) is 5.22. The van der Waals surface area contributed by atoms with Crippen molar-refractivity contribution in [2.75, 3.05) is 0 Å². The Bertz CT molecular complexity index is 379. The zero-order chi connectivity index (χ0) is 12.7. The number of rotatable bonds is 5. The van der Waals surface area contributed by atoms with Crippen LogP contribution in [0.2, 0.25) is 0 Å². The molecule has 0 aliphatic rings. The van der Waals surface area contributed by atoms with Gasteiger partial charge in [-0.3, -0.25) is 4.79 Å². The molecule has 1 N–H and O–H groups in total. The van der Waals surface area contributed by atoms with E-state index in [9.17, 15) is 4.79 Å². The van der Waals surface area contributed by atoms with Crippen LogP contribution in [0.15, 0.2) is 42.5 Å². The molecule has 1 amide bonds. The first-order valence-electron chi connectivity index (χ1n) is 6.02. The Morgan fingerprint density at radius 1 is 1.29 bits per heavy atom. The molecule has 0 aliphatic heterocycles. The van der Waals surface area contributed by atoms with Crippen LogP contribution in [-0.2, 0) is 11.2 Å². The van der Waals surface area contributed by atoms with Crippen LogP contribution in [0.3, 0.4) is 0 Å². The summed E-state index contributed by atoms with van der Waals surface area (Å²) >= 11 is 0. The smallest absolute Gasteiger partial charge is 0.244 e. The van der Waals surface area contributed by atoms with Crippen molar-refractivity contribution in [3.05, 3.63) is 48.0 Å². The Balaban J connectivity index is 2.47. The SMILES string of the molecule is C/C=C/C(=O)NC(C)(C)CCc1ccccc1. The van der Waals surface area contributed by atoms with Gasteiger partial charge >= 0.3 is 0 Å². The van der Waals surface area contributed by atoms with Crippen molar-refractivity contribution >= 4 is 5.91 Å². The summed E-state index contributed by atoms with van der Waals surface area (Å²) in [6.45, 7) is 5.95. The number of benzene rings is 1. The molecule has 0 atom stereocenters. The minimum atomic E-state index is -0.174. The van der Waals surface area contributed by atoms with Crippen LogP contribution in [0.4, 0.5) is 0 Å². The van der Waals surface area contributed by atoms with Gasteiger partial charge in [0.2, 0.25) is 5.91 Å². The van der Waals surface area contributed by atoms with Gasteiger partial charge in [0.05, 0.1) is 0 Å². The largest absolute Gasteiger partial charge is 0.348 e. The fraction of sp³-hybridized carbons (Fsp3) is 0.400. The molecule has 0 bridgehead atoms. The molecule has 0 aromatic heterocycles. The first-order chi connectivity index (χ1) is 8.03. The molecular formula is C15H21NO. The summed E-state index contributed by atoms with van der Waals surface area (Å²) in [7, 11) is 0. The standard InChI is InChI=1S/C15H21NO/c1-4-8-14(17)16-15(2,3)12-11-13-9-6-5-7-10-13/h4-10H,11-12H2,1-3H3,(H,16,17)/b8-4+.